The van der Waals surface area contributed by atoms with Gasteiger partial charge in [0.05, 0.1) is 5.56 Å². The molecule has 2 atom stereocenters. The number of benzene rings is 1. The van der Waals surface area contributed by atoms with Gasteiger partial charge in [-0.2, -0.15) is 0 Å². The molecule has 1 amide bonds. The number of phenols is 1. The third-order valence-electron chi connectivity index (χ3n) is 3.89. The molecule has 0 bridgehead atoms. The molecule has 5 heteroatoms. The molecule has 1 aliphatic heterocycles. The number of carbonyl (C=O) groups excluding carboxylic acids is 1. The molecule has 4 nitrogen and oxygen atoms in total. The SMILES string of the molecule is CC1CCN(C(=O)c2cc(Cl)ccc2O)CC1CN. The van der Waals surface area contributed by atoms with Gasteiger partial charge in [0.1, 0.15) is 5.75 Å². The van der Waals surface area contributed by atoms with E-state index < -0.39 is 0 Å². The fourth-order valence-corrected chi connectivity index (χ4v) is 2.66. The van der Waals surface area contributed by atoms with Crippen molar-refractivity contribution in [1.29, 1.82) is 0 Å². The number of phenolic OH excluding ortho intramolecular Hbond substituents is 1. The molecule has 1 aliphatic rings. The third-order valence-corrected chi connectivity index (χ3v) is 4.13. The fraction of sp³-hybridized carbons (Fsp3) is 0.500. The maximum absolute atomic E-state index is 12.4. The van der Waals surface area contributed by atoms with Gasteiger partial charge in [0.2, 0.25) is 0 Å². The van der Waals surface area contributed by atoms with Crippen LogP contribution >= 0.6 is 11.6 Å². The Hall–Kier alpha value is -1.26. The van der Waals surface area contributed by atoms with Crippen LogP contribution in [0.25, 0.3) is 0 Å². The minimum absolute atomic E-state index is 0.0303. The lowest BCUT2D eigenvalue weighted by Crippen LogP contribution is -2.45. The van der Waals surface area contributed by atoms with E-state index in [-0.39, 0.29) is 17.2 Å². The van der Waals surface area contributed by atoms with Crippen molar-refractivity contribution in [2.24, 2.45) is 17.6 Å². The Morgan fingerprint density at radius 2 is 2.32 bits per heavy atom. The highest BCUT2D eigenvalue weighted by atomic mass is 35.5. The molecule has 0 aromatic heterocycles. The van der Waals surface area contributed by atoms with Crippen molar-refractivity contribution in [3.05, 3.63) is 28.8 Å². The van der Waals surface area contributed by atoms with Crippen LogP contribution in [0, 0.1) is 11.8 Å². The summed E-state index contributed by atoms with van der Waals surface area (Å²) in [5.74, 6) is 0.642. The van der Waals surface area contributed by atoms with Crippen molar-refractivity contribution < 1.29 is 9.90 Å². The zero-order valence-corrected chi connectivity index (χ0v) is 11.7. The van der Waals surface area contributed by atoms with Crippen LogP contribution in [0.5, 0.6) is 5.75 Å². The number of likely N-dealkylation sites (tertiary alicyclic amines) is 1. The Bertz CT molecular complexity index is 479. The van der Waals surface area contributed by atoms with Crippen LogP contribution < -0.4 is 5.73 Å². The summed E-state index contributed by atoms with van der Waals surface area (Å²) in [6.45, 7) is 4.08. The van der Waals surface area contributed by atoms with Gasteiger partial charge in [-0.1, -0.05) is 18.5 Å². The number of rotatable bonds is 2. The normalized spacial score (nSPS) is 23.4. The van der Waals surface area contributed by atoms with E-state index in [2.05, 4.69) is 6.92 Å². The van der Waals surface area contributed by atoms with E-state index in [0.717, 1.165) is 6.42 Å². The lowest BCUT2D eigenvalue weighted by Gasteiger charge is -2.36. The molecule has 1 fully saturated rings. The molecule has 0 saturated carbocycles. The van der Waals surface area contributed by atoms with Gasteiger partial charge in [0, 0.05) is 18.1 Å². The Labute approximate surface area is 118 Å². The zero-order chi connectivity index (χ0) is 14.0. The van der Waals surface area contributed by atoms with Crippen molar-refractivity contribution in [3.8, 4) is 5.75 Å². The molecule has 2 unspecified atom stereocenters. The highest BCUT2D eigenvalue weighted by Crippen LogP contribution is 2.27. The first kappa shape index (κ1) is 14.2. The van der Waals surface area contributed by atoms with Crippen molar-refractivity contribution in [1.82, 2.24) is 4.90 Å². The largest absolute Gasteiger partial charge is 0.507 e. The first-order valence-corrected chi connectivity index (χ1v) is 6.88. The number of halogens is 1. The van der Waals surface area contributed by atoms with Gasteiger partial charge < -0.3 is 15.7 Å². The molecular weight excluding hydrogens is 264 g/mol. The summed E-state index contributed by atoms with van der Waals surface area (Å²) >= 11 is 5.88. The Morgan fingerprint density at radius 3 is 3.00 bits per heavy atom. The fourth-order valence-electron chi connectivity index (χ4n) is 2.49. The van der Waals surface area contributed by atoms with Crippen molar-refractivity contribution in [3.63, 3.8) is 0 Å². The van der Waals surface area contributed by atoms with Crippen molar-refractivity contribution in [2.75, 3.05) is 19.6 Å². The predicted octanol–water partition coefficient (Wildman–Crippen LogP) is 2.10. The van der Waals surface area contributed by atoms with Gasteiger partial charge in [0.15, 0.2) is 0 Å². The van der Waals surface area contributed by atoms with Crippen LogP contribution in [0.1, 0.15) is 23.7 Å². The summed E-state index contributed by atoms with van der Waals surface area (Å²) in [5.41, 5.74) is 6.00. The second-order valence-electron chi connectivity index (χ2n) is 5.17. The molecular formula is C14H19ClN2O2. The quantitative estimate of drug-likeness (QED) is 0.873. The average molecular weight is 283 g/mol. The first-order valence-electron chi connectivity index (χ1n) is 6.50. The van der Waals surface area contributed by atoms with E-state index in [4.69, 9.17) is 17.3 Å². The average Bonchev–Trinajstić information content (AvgIpc) is 2.41. The number of carbonyl (C=O) groups is 1. The highest BCUT2D eigenvalue weighted by molar-refractivity contribution is 6.31. The second-order valence-corrected chi connectivity index (χ2v) is 5.61. The lowest BCUT2D eigenvalue weighted by atomic mass is 9.87. The first-order chi connectivity index (χ1) is 9.02. The molecule has 19 heavy (non-hydrogen) atoms. The molecule has 0 radical (unpaired) electrons. The molecule has 3 N–H and O–H groups in total. The van der Waals surface area contributed by atoms with Gasteiger partial charge in [0.25, 0.3) is 5.91 Å². The van der Waals surface area contributed by atoms with Crippen LogP contribution in [0.15, 0.2) is 18.2 Å². The molecule has 104 valence electrons. The Kier molecular flexibility index (Phi) is 4.32. The van der Waals surface area contributed by atoms with E-state index in [1.807, 2.05) is 0 Å². The molecule has 1 aromatic rings. The number of aromatic hydroxyl groups is 1. The summed E-state index contributed by atoms with van der Waals surface area (Å²) in [7, 11) is 0. The van der Waals surface area contributed by atoms with Crippen LogP contribution in [-0.2, 0) is 0 Å². The van der Waals surface area contributed by atoms with Gasteiger partial charge >= 0.3 is 0 Å². The number of nitrogens with two attached hydrogens (primary N) is 1. The van der Waals surface area contributed by atoms with Crippen LogP contribution in [0.2, 0.25) is 5.02 Å². The predicted molar refractivity (Wildman–Crippen MR) is 75.3 cm³/mol. The number of hydrogen-bond acceptors (Lipinski definition) is 3. The third kappa shape index (κ3) is 3.01. The van der Waals surface area contributed by atoms with Crippen LogP contribution in [0.3, 0.4) is 0 Å². The topological polar surface area (TPSA) is 66.6 Å². The monoisotopic (exact) mass is 282 g/mol. The van der Waals surface area contributed by atoms with Gasteiger partial charge in [-0.3, -0.25) is 4.79 Å². The van der Waals surface area contributed by atoms with Crippen molar-refractivity contribution in [2.45, 2.75) is 13.3 Å². The molecule has 2 rings (SSSR count). The van der Waals surface area contributed by atoms with Gasteiger partial charge in [-0.25, -0.2) is 0 Å². The standard InChI is InChI=1S/C14H19ClN2O2/c1-9-4-5-17(8-10(9)7-16)14(19)12-6-11(15)2-3-13(12)18/h2-3,6,9-10,18H,4-5,7-8,16H2,1H3. The molecule has 1 saturated heterocycles. The number of amides is 1. The summed E-state index contributed by atoms with van der Waals surface area (Å²) < 4.78 is 0. The van der Waals surface area contributed by atoms with E-state index in [1.54, 1.807) is 11.0 Å². The minimum atomic E-state index is -0.176. The minimum Gasteiger partial charge on any atom is -0.507 e. The number of hydrogen-bond donors (Lipinski definition) is 2. The molecule has 1 aromatic carbocycles. The van der Waals surface area contributed by atoms with E-state index in [9.17, 15) is 9.90 Å². The van der Waals surface area contributed by atoms with Gasteiger partial charge in [-0.15, -0.1) is 0 Å². The second kappa shape index (κ2) is 5.80. The summed E-state index contributed by atoms with van der Waals surface area (Å²) in [6, 6.07) is 4.52. The van der Waals surface area contributed by atoms with Crippen molar-refractivity contribution >= 4 is 17.5 Å². The Balaban J connectivity index is 2.18. The maximum atomic E-state index is 12.4. The highest BCUT2D eigenvalue weighted by Gasteiger charge is 2.29. The maximum Gasteiger partial charge on any atom is 0.257 e. The molecule has 1 heterocycles. The molecule has 0 spiro atoms. The smallest absolute Gasteiger partial charge is 0.257 e. The number of piperidine rings is 1. The van der Waals surface area contributed by atoms with E-state index in [1.165, 1.54) is 12.1 Å². The van der Waals surface area contributed by atoms with E-state index in [0.29, 0.717) is 36.5 Å². The van der Waals surface area contributed by atoms with Crippen LogP contribution in [-0.4, -0.2) is 35.5 Å². The summed E-state index contributed by atoms with van der Waals surface area (Å²) in [5, 5.41) is 10.2. The van der Waals surface area contributed by atoms with Gasteiger partial charge in [-0.05, 0) is 43.0 Å². The lowest BCUT2D eigenvalue weighted by molar-refractivity contribution is 0.0615. The Morgan fingerprint density at radius 1 is 1.58 bits per heavy atom. The van der Waals surface area contributed by atoms with Crippen LogP contribution in [0.4, 0.5) is 0 Å². The zero-order valence-electron chi connectivity index (χ0n) is 11.0. The summed E-state index contributed by atoms with van der Waals surface area (Å²) in [4.78, 5) is 14.2. The summed E-state index contributed by atoms with van der Waals surface area (Å²) in [6.07, 6.45) is 0.939. The number of nitrogens with zero attached hydrogens (tertiary/aromatic N) is 1. The molecule has 0 aliphatic carbocycles. The van der Waals surface area contributed by atoms with E-state index >= 15 is 0 Å².